The van der Waals surface area contributed by atoms with Gasteiger partial charge in [0.2, 0.25) is 0 Å². The number of carbonyl (C=O) groups excluding carboxylic acids is 3. The van der Waals surface area contributed by atoms with Gasteiger partial charge in [-0.2, -0.15) is 0 Å². The summed E-state index contributed by atoms with van der Waals surface area (Å²) in [5.41, 5.74) is 0.708. The van der Waals surface area contributed by atoms with Gasteiger partial charge in [0, 0.05) is 32.6 Å². The van der Waals surface area contributed by atoms with Gasteiger partial charge in [-0.25, -0.2) is 4.39 Å². The molecule has 2 heterocycles. The molecule has 1 spiro atoms. The van der Waals surface area contributed by atoms with Gasteiger partial charge in [-0.05, 0) is 41.5 Å². The zero-order valence-corrected chi connectivity index (χ0v) is 22.3. The number of carbonyl (C=O) groups is 3. The summed E-state index contributed by atoms with van der Waals surface area (Å²) in [6.07, 6.45) is 3.82. The van der Waals surface area contributed by atoms with E-state index in [1.165, 1.54) is 12.1 Å². The molecule has 0 bridgehead atoms. The van der Waals surface area contributed by atoms with Crippen molar-refractivity contribution in [1.29, 1.82) is 0 Å². The van der Waals surface area contributed by atoms with Gasteiger partial charge in [-0.3, -0.25) is 14.4 Å². The first-order chi connectivity index (χ1) is 17.6. The van der Waals surface area contributed by atoms with Crippen LogP contribution in [0.2, 0.25) is 0 Å². The van der Waals surface area contributed by atoms with E-state index in [0.29, 0.717) is 16.7 Å². The average molecular weight is 558 g/mol. The van der Waals surface area contributed by atoms with Gasteiger partial charge in [-0.15, -0.1) is 0 Å². The standard InChI is InChI=1S/C31H25BrFNO3/c1-30(2,3)29(37)26-25(17-8-12-20(33)13-9-17)31(27(35)21-6-4-5-7-22(21)28(31)36)24-15-10-18-16-19(32)11-14-23(18)34(24)26/h4-16,24-26H,1-3H3/t24-,25+,26-/m1/s1. The molecule has 0 unspecified atom stereocenters. The lowest BCUT2D eigenvalue weighted by molar-refractivity contribution is -0.127. The van der Waals surface area contributed by atoms with Gasteiger partial charge >= 0.3 is 0 Å². The maximum absolute atomic E-state index is 14.4. The van der Waals surface area contributed by atoms with E-state index in [9.17, 15) is 18.8 Å². The Balaban J connectivity index is 1.70. The molecule has 3 aromatic rings. The SMILES string of the molecule is CC(C)(C)C(=O)[C@H]1[C@H](c2ccc(F)cc2)C2(C(=O)c3ccccc3C2=O)[C@H]2C=Cc3cc(Br)ccc3N12. The molecule has 6 heteroatoms. The van der Waals surface area contributed by atoms with Gasteiger partial charge in [0.1, 0.15) is 11.2 Å². The predicted molar refractivity (Wildman–Crippen MR) is 144 cm³/mol. The predicted octanol–water partition coefficient (Wildman–Crippen LogP) is 6.64. The number of fused-ring (bicyclic) bond motifs is 5. The summed E-state index contributed by atoms with van der Waals surface area (Å²) in [5.74, 6) is -1.88. The fourth-order valence-corrected chi connectivity index (χ4v) is 6.81. The third kappa shape index (κ3) is 3.21. The highest BCUT2D eigenvalue weighted by Gasteiger charge is 2.71. The smallest absolute Gasteiger partial charge is 0.180 e. The van der Waals surface area contributed by atoms with Crippen molar-refractivity contribution in [3.63, 3.8) is 0 Å². The van der Waals surface area contributed by atoms with Crippen LogP contribution in [0, 0.1) is 16.6 Å². The lowest BCUT2D eigenvalue weighted by Gasteiger charge is -2.38. The Morgan fingerprint density at radius 1 is 0.946 bits per heavy atom. The molecule has 37 heavy (non-hydrogen) atoms. The monoisotopic (exact) mass is 557 g/mol. The molecule has 6 rings (SSSR count). The third-order valence-electron chi connectivity index (χ3n) is 8.00. The molecule has 0 amide bonds. The fraction of sp³-hybridized carbons (Fsp3) is 0.258. The molecule has 1 fully saturated rings. The van der Waals surface area contributed by atoms with Crippen molar-refractivity contribution in [3.8, 4) is 0 Å². The molecule has 4 nitrogen and oxygen atoms in total. The fourth-order valence-electron chi connectivity index (χ4n) is 6.43. The minimum atomic E-state index is -1.56. The van der Waals surface area contributed by atoms with Crippen LogP contribution >= 0.6 is 15.9 Å². The van der Waals surface area contributed by atoms with Gasteiger partial charge in [0.05, 0.1) is 12.1 Å². The van der Waals surface area contributed by atoms with Gasteiger partial charge in [-0.1, -0.05) is 85.3 Å². The van der Waals surface area contributed by atoms with Crippen molar-refractivity contribution in [3.05, 3.63) is 105 Å². The minimum absolute atomic E-state index is 0.0792. The summed E-state index contributed by atoms with van der Waals surface area (Å²) in [6.45, 7) is 5.56. The normalized spacial score (nSPS) is 23.3. The Bertz CT molecular complexity index is 1480. The second-order valence-electron chi connectivity index (χ2n) is 11.1. The molecule has 1 aliphatic carbocycles. The number of Topliss-reactive ketones (excluding diaryl/α,β-unsaturated/α-hetero) is 3. The lowest BCUT2D eigenvalue weighted by Crippen LogP contribution is -2.49. The number of benzene rings is 3. The zero-order valence-electron chi connectivity index (χ0n) is 20.7. The number of anilines is 1. The van der Waals surface area contributed by atoms with Crippen LogP contribution in [0.5, 0.6) is 0 Å². The average Bonchev–Trinajstić information content (AvgIpc) is 3.29. The molecule has 0 radical (unpaired) electrons. The van der Waals surface area contributed by atoms with Crippen LogP contribution in [0.4, 0.5) is 10.1 Å². The van der Waals surface area contributed by atoms with Crippen molar-refractivity contribution in [2.45, 2.75) is 38.8 Å². The van der Waals surface area contributed by atoms with Crippen LogP contribution in [0.25, 0.3) is 6.08 Å². The Morgan fingerprint density at radius 3 is 2.16 bits per heavy atom. The Labute approximate surface area is 223 Å². The second-order valence-corrected chi connectivity index (χ2v) is 12.0. The highest BCUT2D eigenvalue weighted by atomic mass is 79.9. The molecule has 0 N–H and O–H groups in total. The van der Waals surface area contributed by atoms with Gasteiger partial charge < -0.3 is 4.90 Å². The molecule has 2 aliphatic heterocycles. The number of hydrogen-bond donors (Lipinski definition) is 0. The number of rotatable bonds is 2. The third-order valence-corrected chi connectivity index (χ3v) is 8.50. The van der Waals surface area contributed by atoms with Gasteiger partial charge in [0.25, 0.3) is 0 Å². The number of hydrogen-bond acceptors (Lipinski definition) is 4. The van der Waals surface area contributed by atoms with Crippen molar-refractivity contribution in [2.24, 2.45) is 10.8 Å². The molecular weight excluding hydrogens is 533 g/mol. The second kappa shape index (κ2) is 8.06. The van der Waals surface area contributed by atoms with Crippen molar-refractivity contribution < 1.29 is 18.8 Å². The van der Waals surface area contributed by atoms with E-state index in [1.807, 2.05) is 56.0 Å². The summed E-state index contributed by atoms with van der Waals surface area (Å²) >= 11 is 3.53. The van der Waals surface area contributed by atoms with Crippen LogP contribution in [-0.2, 0) is 4.79 Å². The summed E-state index contributed by atoms with van der Waals surface area (Å²) in [7, 11) is 0. The Kier molecular flexibility index (Phi) is 5.22. The van der Waals surface area contributed by atoms with Crippen LogP contribution in [-0.4, -0.2) is 29.4 Å². The summed E-state index contributed by atoms with van der Waals surface area (Å²) in [6, 6.07) is 17.1. The largest absolute Gasteiger partial charge is 0.352 e. The van der Waals surface area contributed by atoms with E-state index >= 15 is 0 Å². The van der Waals surface area contributed by atoms with Crippen molar-refractivity contribution in [2.75, 3.05) is 4.90 Å². The van der Waals surface area contributed by atoms with Gasteiger partial charge in [0.15, 0.2) is 17.3 Å². The maximum Gasteiger partial charge on any atom is 0.180 e. The molecule has 186 valence electrons. The van der Waals surface area contributed by atoms with E-state index < -0.39 is 34.6 Å². The van der Waals surface area contributed by atoms with E-state index in [2.05, 4.69) is 15.9 Å². The molecule has 0 saturated carbocycles. The van der Waals surface area contributed by atoms with E-state index in [-0.39, 0.29) is 17.3 Å². The number of halogens is 2. The Hall–Kier alpha value is -3.38. The lowest BCUT2D eigenvalue weighted by atomic mass is 9.63. The quantitative estimate of drug-likeness (QED) is 0.331. The highest BCUT2D eigenvalue weighted by molar-refractivity contribution is 9.10. The first-order valence-corrected chi connectivity index (χ1v) is 13.1. The van der Waals surface area contributed by atoms with Crippen molar-refractivity contribution in [1.82, 2.24) is 0 Å². The molecular formula is C31H25BrFNO3. The number of nitrogens with zero attached hydrogens (tertiary/aromatic N) is 1. The van der Waals surface area contributed by atoms with Crippen LogP contribution in [0.1, 0.15) is 58.5 Å². The van der Waals surface area contributed by atoms with Crippen LogP contribution < -0.4 is 4.90 Å². The molecule has 0 aromatic heterocycles. The first-order valence-electron chi connectivity index (χ1n) is 12.3. The number of ketones is 3. The molecule has 3 atom stereocenters. The zero-order chi connectivity index (χ0) is 26.3. The highest BCUT2D eigenvalue weighted by Crippen LogP contribution is 2.61. The van der Waals surface area contributed by atoms with Crippen LogP contribution in [0.15, 0.2) is 77.3 Å². The van der Waals surface area contributed by atoms with Crippen molar-refractivity contribution >= 4 is 45.0 Å². The topological polar surface area (TPSA) is 54.5 Å². The summed E-state index contributed by atoms with van der Waals surface area (Å²) < 4.78 is 14.9. The Morgan fingerprint density at radius 2 is 1.57 bits per heavy atom. The van der Waals surface area contributed by atoms with E-state index in [1.54, 1.807) is 36.4 Å². The minimum Gasteiger partial charge on any atom is -0.352 e. The summed E-state index contributed by atoms with van der Waals surface area (Å²) in [5, 5.41) is 0. The first kappa shape index (κ1) is 24.0. The van der Waals surface area contributed by atoms with Crippen LogP contribution in [0.3, 0.4) is 0 Å². The van der Waals surface area contributed by atoms with E-state index in [0.717, 1.165) is 15.7 Å². The summed E-state index contributed by atoms with van der Waals surface area (Å²) in [4.78, 5) is 45.2. The molecule has 1 saturated heterocycles. The molecule has 3 aliphatic rings. The van der Waals surface area contributed by atoms with E-state index in [4.69, 9.17) is 0 Å². The maximum atomic E-state index is 14.4. The molecule has 3 aromatic carbocycles.